The monoisotopic (exact) mass is 269 g/mol. The van der Waals surface area contributed by atoms with E-state index in [0.717, 1.165) is 12.8 Å². The van der Waals surface area contributed by atoms with Gasteiger partial charge in [0.2, 0.25) is 11.8 Å². The topological polar surface area (TPSA) is 70.2 Å². The van der Waals surface area contributed by atoms with E-state index in [2.05, 4.69) is 16.0 Å². The van der Waals surface area contributed by atoms with Crippen LogP contribution in [0.15, 0.2) is 0 Å². The molecule has 1 aliphatic carbocycles. The van der Waals surface area contributed by atoms with Crippen molar-refractivity contribution < 1.29 is 9.59 Å². The fourth-order valence-electron chi connectivity index (χ4n) is 2.37. The molecule has 1 aliphatic rings. The third-order valence-electron chi connectivity index (χ3n) is 3.53. The summed E-state index contributed by atoms with van der Waals surface area (Å²) in [5, 5.41) is 8.73. The van der Waals surface area contributed by atoms with Crippen molar-refractivity contribution in [1.29, 1.82) is 0 Å². The molecule has 1 fully saturated rings. The van der Waals surface area contributed by atoms with Gasteiger partial charge in [-0.05, 0) is 26.7 Å². The number of nitrogens with one attached hydrogen (secondary N) is 3. The Morgan fingerprint density at radius 1 is 1.16 bits per heavy atom. The van der Waals surface area contributed by atoms with Crippen LogP contribution in [0.25, 0.3) is 0 Å². The van der Waals surface area contributed by atoms with Crippen LogP contribution < -0.4 is 16.0 Å². The molecule has 0 heterocycles. The van der Waals surface area contributed by atoms with E-state index in [1.165, 1.54) is 25.7 Å². The minimum absolute atomic E-state index is 0.0111. The van der Waals surface area contributed by atoms with Crippen molar-refractivity contribution in [2.24, 2.45) is 0 Å². The highest BCUT2D eigenvalue weighted by molar-refractivity contribution is 5.83. The lowest BCUT2D eigenvalue weighted by atomic mass is 10.1. The summed E-state index contributed by atoms with van der Waals surface area (Å²) in [7, 11) is 0. The van der Waals surface area contributed by atoms with E-state index in [-0.39, 0.29) is 24.4 Å². The molecule has 5 nitrogen and oxygen atoms in total. The van der Waals surface area contributed by atoms with Gasteiger partial charge in [-0.3, -0.25) is 14.9 Å². The van der Waals surface area contributed by atoms with Gasteiger partial charge in [-0.25, -0.2) is 0 Å². The van der Waals surface area contributed by atoms with Crippen LogP contribution in [0.3, 0.4) is 0 Å². The number of carbonyl (C=O) groups is 2. The Balaban J connectivity index is 2.21. The Labute approximate surface area is 115 Å². The highest BCUT2D eigenvalue weighted by atomic mass is 16.2. The van der Waals surface area contributed by atoms with Crippen LogP contribution >= 0.6 is 0 Å². The van der Waals surface area contributed by atoms with Gasteiger partial charge < -0.3 is 10.6 Å². The number of rotatable bonds is 6. The van der Waals surface area contributed by atoms with Crippen molar-refractivity contribution >= 4 is 11.8 Å². The van der Waals surface area contributed by atoms with E-state index in [9.17, 15) is 9.59 Å². The molecule has 0 bridgehead atoms. The Kier molecular flexibility index (Phi) is 7.48. The van der Waals surface area contributed by atoms with Crippen molar-refractivity contribution in [1.82, 2.24) is 16.0 Å². The van der Waals surface area contributed by atoms with Crippen LogP contribution in [-0.4, -0.2) is 37.0 Å². The molecule has 1 rings (SSSR count). The standard InChI is InChI=1S/C14H27N3O2/c1-3-15-14(19)11(2)16-10-13(18)17-12-8-6-4-5-7-9-12/h11-12,16H,3-10H2,1-2H3,(H,15,19)(H,17,18). The van der Waals surface area contributed by atoms with Gasteiger partial charge in [0.15, 0.2) is 0 Å². The molecule has 3 N–H and O–H groups in total. The Hall–Kier alpha value is -1.10. The highest BCUT2D eigenvalue weighted by Crippen LogP contribution is 2.16. The second-order valence-corrected chi connectivity index (χ2v) is 5.25. The third kappa shape index (κ3) is 6.57. The number of hydrogen-bond acceptors (Lipinski definition) is 3. The normalized spacial score (nSPS) is 18.4. The van der Waals surface area contributed by atoms with Crippen LogP contribution in [-0.2, 0) is 9.59 Å². The zero-order valence-corrected chi connectivity index (χ0v) is 12.1. The van der Waals surface area contributed by atoms with Gasteiger partial charge in [-0.1, -0.05) is 25.7 Å². The van der Waals surface area contributed by atoms with Crippen molar-refractivity contribution in [3.63, 3.8) is 0 Å². The van der Waals surface area contributed by atoms with Gasteiger partial charge in [0.05, 0.1) is 12.6 Å². The number of hydrogen-bond donors (Lipinski definition) is 3. The zero-order chi connectivity index (χ0) is 14.1. The summed E-state index contributed by atoms with van der Waals surface area (Å²) in [4.78, 5) is 23.3. The first-order chi connectivity index (χ1) is 9.13. The second kappa shape index (κ2) is 8.91. The van der Waals surface area contributed by atoms with Gasteiger partial charge >= 0.3 is 0 Å². The summed E-state index contributed by atoms with van der Waals surface area (Å²) in [6, 6.07) is -0.0172. The largest absolute Gasteiger partial charge is 0.355 e. The van der Waals surface area contributed by atoms with Gasteiger partial charge in [0, 0.05) is 12.6 Å². The van der Waals surface area contributed by atoms with E-state index in [0.29, 0.717) is 12.6 Å². The predicted molar refractivity (Wildman–Crippen MR) is 75.8 cm³/mol. The number of likely N-dealkylation sites (N-methyl/N-ethyl adjacent to an activating group) is 1. The first kappa shape index (κ1) is 16.0. The molecule has 0 aromatic carbocycles. The molecule has 1 unspecified atom stereocenters. The highest BCUT2D eigenvalue weighted by Gasteiger charge is 2.16. The predicted octanol–water partition coefficient (Wildman–Crippen LogP) is 0.940. The molecule has 0 aromatic heterocycles. The van der Waals surface area contributed by atoms with Crippen molar-refractivity contribution in [3.05, 3.63) is 0 Å². The Bertz CT molecular complexity index is 286. The summed E-state index contributed by atoms with van der Waals surface area (Å²) in [6.45, 7) is 4.46. The van der Waals surface area contributed by atoms with Crippen LogP contribution in [0.1, 0.15) is 52.4 Å². The van der Waals surface area contributed by atoms with Crippen molar-refractivity contribution in [3.8, 4) is 0 Å². The van der Waals surface area contributed by atoms with Crippen molar-refractivity contribution in [2.75, 3.05) is 13.1 Å². The van der Waals surface area contributed by atoms with Gasteiger partial charge in [-0.2, -0.15) is 0 Å². The lowest BCUT2D eigenvalue weighted by Gasteiger charge is -2.18. The molecule has 0 saturated heterocycles. The molecule has 110 valence electrons. The van der Waals surface area contributed by atoms with Crippen LogP contribution in [0.4, 0.5) is 0 Å². The Morgan fingerprint density at radius 2 is 1.79 bits per heavy atom. The SMILES string of the molecule is CCNC(=O)C(C)NCC(=O)NC1CCCCCC1. The first-order valence-electron chi connectivity index (χ1n) is 7.44. The average Bonchev–Trinajstić information content (AvgIpc) is 2.64. The van der Waals surface area contributed by atoms with E-state index >= 15 is 0 Å². The minimum atomic E-state index is -0.333. The molecule has 1 saturated carbocycles. The fraction of sp³-hybridized carbons (Fsp3) is 0.857. The lowest BCUT2D eigenvalue weighted by Crippen LogP contribution is -2.47. The molecule has 0 radical (unpaired) electrons. The molecule has 0 aliphatic heterocycles. The molecule has 5 heteroatoms. The maximum Gasteiger partial charge on any atom is 0.236 e. The minimum Gasteiger partial charge on any atom is -0.355 e. The summed E-state index contributed by atoms with van der Waals surface area (Å²) >= 11 is 0. The lowest BCUT2D eigenvalue weighted by molar-refractivity contribution is -0.123. The summed E-state index contributed by atoms with van der Waals surface area (Å²) < 4.78 is 0. The van der Waals surface area contributed by atoms with E-state index in [1.807, 2.05) is 6.92 Å². The average molecular weight is 269 g/mol. The quantitative estimate of drug-likeness (QED) is 0.629. The maximum atomic E-state index is 11.8. The summed E-state index contributed by atoms with van der Waals surface area (Å²) in [5.41, 5.74) is 0. The van der Waals surface area contributed by atoms with Gasteiger partial charge in [-0.15, -0.1) is 0 Å². The number of carbonyl (C=O) groups excluding carboxylic acids is 2. The van der Waals surface area contributed by atoms with E-state index in [4.69, 9.17) is 0 Å². The second-order valence-electron chi connectivity index (χ2n) is 5.25. The third-order valence-corrected chi connectivity index (χ3v) is 3.53. The van der Waals surface area contributed by atoms with Crippen molar-refractivity contribution in [2.45, 2.75) is 64.5 Å². The van der Waals surface area contributed by atoms with Gasteiger partial charge in [0.1, 0.15) is 0 Å². The summed E-state index contributed by atoms with van der Waals surface area (Å²) in [6.07, 6.45) is 7.12. The molecule has 1 atom stereocenters. The van der Waals surface area contributed by atoms with E-state index < -0.39 is 0 Å². The fourth-order valence-corrected chi connectivity index (χ4v) is 2.37. The van der Waals surface area contributed by atoms with Crippen LogP contribution in [0.2, 0.25) is 0 Å². The smallest absolute Gasteiger partial charge is 0.236 e. The maximum absolute atomic E-state index is 11.8. The molecular formula is C14H27N3O2. The van der Waals surface area contributed by atoms with Crippen LogP contribution in [0.5, 0.6) is 0 Å². The van der Waals surface area contributed by atoms with Crippen LogP contribution in [0, 0.1) is 0 Å². The molecular weight excluding hydrogens is 242 g/mol. The summed E-state index contributed by atoms with van der Waals surface area (Å²) in [5.74, 6) is -0.0761. The zero-order valence-electron chi connectivity index (χ0n) is 12.1. The molecule has 19 heavy (non-hydrogen) atoms. The Morgan fingerprint density at radius 3 is 2.37 bits per heavy atom. The van der Waals surface area contributed by atoms with E-state index in [1.54, 1.807) is 6.92 Å². The first-order valence-corrected chi connectivity index (χ1v) is 7.44. The number of amides is 2. The molecule has 0 spiro atoms. The van der Waals surface area contributed by atoms with Gasteiger partial charge in [0.25, 0.3) is 0 Å². The molecule has 0 aromatic rings. The molecule has 2 amide bonds.